The Morgan fingerprint density at radius 1 is 0.967 bits per heavy atom. The number of carbonyl (C=O) groups excluding carboxylic acids is 1. The van der Waals surface area contributed by atoms with E-state index in [9.17, 15) is 4.79 Å². The fourth-order valence-corrected chi connectivity index (χ4v) is 3.87. The number of hydrogen-bond acceptors (Lipinski definition) is 3. The molecule has 0 aliphatic carbocycles. The molecule has 4 heteroatoms. The Morgan fingerprint density at radius 3 is 2.30 bits per heavy atom. The number of rotatable bonds is 6. The minimum absolute atomic E-state index is 0.177. The average Bonchev–Trinajstić information content (AvgIpc) is 2.81. The van der Waals surface area contributed by atoms with Crippen LogP contribution in [-0.2, 0) is 11.2 Å². The summed E-state index contributed by atoms with van der Waals surface area (Å²) in [6.45, 7) is 3.49. The Balaban J connectivity index is 1.33. The van der Waals surface area contributed by atoms with Crippen molar-refractivity contribution >= 4 is 5.91 Å². The van der Waals surface area contributed by atoms with Crippen LogP contribution in [0.1, 0.15) is 37.4 Å². The molecular formula is C26H28N2O2. The number of aromatic nitrogens is 1. The number of pyridine rings is 1. The summed E-state index contributed by atoms with van der Waals surface area (Å²) in [5, 5.41) is 0. The van der Waals surface area contributed by atoms with Gasteiger partial charge in [-0.3, -0.25) is 9.78 Å². The first-order chi connectivity index (χ1) is 14.7. The smallest absolute Gasteiger partial charge is 0.222 e. The maximum Gasteiger partial charge on any atom is 0.222 e. The Bertz CT molecular complexity index is 945. The Morgan fingerprint density at radius 2 is 1.67 bits per heavy atom. The first-order valence-electron chi connectivity index (χ1n) is 10.7. The van der Waals surface area contributed by atoms with Crippen molar-refractivity contribution in [2.45, 2.75) is 38.7 Å². The summed E-state index contributed by atoms with van der Waals surface area (Å²) in [4.78, 5) is 18.4. The standard InChI is InChI=1S/C26H28N2O2/c1-2-26(29)28-16-14-25(15-17-28)30-24-12-9-21(10-13-24)22-8-11-23(27-19-22)18-20-6-4-3-5-7-20/h3-13,19,25H,2,14-18H2,1H3. The maximum absolute atomic E-state index is 11.8. The van der Waals surface area contributed by atoms with Crippen LogP contribution in [-0.4, -0.2) is 35.0 Å². The van der Waals surface area contributed by atoms with Crippen molar-refractivity contribution in [2.75, 3.05) is 13.1 Å². The molecule has 1 aliphatic heterocycles. The molecule has 1 amide bonds. The first kappa shape index (κ1) is 20.1. The van der Waals surface area contributed by atoms with Crippen molar-refractivity contribution in [3.8, 4) is 16.9 Å². The summed E-state index contributed by atoms with van der Waals surface area (Å²) >= 11 is 0. The molecule has 4 nitrogen and oxygen atoms in total. The summed E-state index contributed by atoms with van der Waals surface area (Å²) in [5.41, 5.74) is 4.57. The van der Waals surface area contributed by atoms with Gasteiger partial charge in [-0.2, -0.15) is 0 Å². The van der Waals surface area contributed by atoms with Crippen LogP contribution in [0.3, 0.4) is 0 Å². The molecule has 30 heavy (non-hydrogen) atoms. The maximum atomic E-state index is 11.8. The number of ether oxygens (including phenoxy) is 1. The predicted molar refractivity (Wildman–Crippen MR) is 119 cm³/mol. The molecule has 0 spiro atoms. The van der Waals surface area contributed by atoms with Crippen molar-refractivity contribution in [2.24, 2.45) is 0 Å². The summed E-state index contributed by atoms with van der Waals surface area (Å²) in [6, 6.07) is 22.8. The number of nitrogens with zero attached hydrogens (tertiary/aromatic N) is 2. The van der Waals surface area contributed by atoms with E-state index in [1.54, 1.807) is 0 Å². The number of carbonyl (C=O) groups is 1. The highest BCUT2D eigenvalue weighted by molar-refractivity contribution is 5.75. The quantitative estimate of drug-likeness (QED) is 0.577. The van der Waals surface area contributed by atoms with Crippen LogP contribution in [0.25, 0.3) is 11.1 Å². The molecular weight excluding hydrogens is 372 g/mol. The highest BCUT2D eigenvalue weighted by atomic mass is 16.5. The summed E-state index contributed by atoms with van der Waals surface area (Å²) in [7, 11) is 0. The van der Waals surface area contributed by atoms with E-state index in [1.807, 2.05) is 36.2 Å². The molecule has 154 valence electrons. The second-order valence-electron chi connectivity index (χ2n) is 7.78. The number of likely N-dealkylation sites (tertiary alicyclic amines) is 1. The van der Waals surface area contributed by atoms with Crippen molar-refractivity contribution in [3.05, 3.63) is 84.2 Å². The fourth-order valence-electron chi connectivity index (χ4n) is 3.87. The Kier molecular flexibility index (Phi) is 6.43. The van der Waals surface area contributed by atoms with E-state index in [1.165, 1.54) is 5.56 Å². The van der Waals surface area contributed by atoms with Gasteiger partial charge in [0.2, 0.25) is 5.91 Å². The topological polar surface area (TPSA) is 42.4 Å². The molecule has 0 unspecified atom stereocenters. The van der Waals surface area contributed by atoms with Crippen molar-refractivity contribution in [3.63, 3.8) is 0 Å². The average molecular weight is 401 g/mol. The predicted octanol–water partition coefficient (Wildman–Crippen LogP) is 5.12. The first-order valence-corrected chi connectivity index (χ1v) is 10.7. The number of amides is 1. The molecule has 0 bridgehead atoms. The van der Waals surface area contributed by atoms with Crippen molar-refractivity contribution in [1.82, 2.24) is 9.88 Å². The van der Waals surface area contributed by atoms with E-state index < -0.39 is 0 Å². The van der Waals surface area contributed by atoms with Crippen LogP contribution >= 0.6 is 0 Å². The molecule has 2 aromatic carbocycles. The third kappa shape index (κ3) is 5.07. The minimum atomic E-state index is 0.177. The molecule has 3 aromatic rings. The number of hydrogen-bond donors (Lipinski definition) is 0. The van der Waals surface area contributed by atoms with Crippen LogP contribution < -0.4 is 4.74 Å². The van der Waals surface area contributed by atoms with E-state index in [4.69, 9.17) is 4.74 Å². The summed E-state index contributed by atoms with van der Waals surface area (Å²) < 4.78 is 6.14. The molecule has 0 atom stereocenters. The van der Waals surface area contributed by atoms with Gasteiger partial charge < -0.3 is 9.64 Å². The Labute approximate surface area is 178 Å². The van der Waals surface area contributed by atoms with Crippen LogP contribution in [0.4, 0.5) is 0 Å². The highest BCUT2D eigenvalue weighted by Gasteiger charge is 2.22. The lowest BCUT2D eigenvalue weighted by Gasteiger charge is -2.32. The molecule has 0 saturated carbocycles. The molecule has 0 N–H and O–H groups in total. The van der Waals surface area contributed by atoms with Gasteiger partial charge in [-0.15, -0.1) is 0 Å². The van der Waals surface area contributed by atoms with Gasteiger partial charge in [0, 0.05) is 56.2 Å². The molecule has 4 rings (SSSR count). The molecule has 1 aliphatic rings. The van der Waals surface area contributed by atoms with Gasteiger partial charge in [0.1, 0.15) is 11.9 Å². The third-order valence-electron chi connectivity index (χ3n) is 5.64. The van der Waals surface area contributed by atoms with Crippen LogP contribution in [0.5, 0.6) is 5.75 Å². The number of piperidine rings is 1. The molecule has 1 saturated heterocycles. The summed E-state index contributed by atoms with van der Waals surface area (Å²) in [6.07, 6.45) is 5.32. The zero-order chi connectivity index (χ0) is 20.8. The van der Waals surface area contributed by atoms with Gasteiger partial charge in [0.15, 0.2) is 0 Å². The van der Waals surface area contributed by atoms with E-state index >= 15 is 0 Å². The van der Waals surface area contributed by atoms with Gasteiger partial charge >= 0.3 is 0 Å². The lowest BCUT2D eigenvalue weighted by atomic mass is 10.0. The SMILES string of the molecule is CCC(=O)N1CCC(Oc2ccc(-c3ccc(Cc4ccccc4)nc3)cc2)CC1. The van der Waals surface area contributed by atoms with Gasteiger partial charge in [0.25, 0.3) is 0 Å². The van der Waals surface area contributed by atoms with E-state index in [2.05, 4.69) is 53.5 Å². The normalized spacial score (nSPS) is 14.5. The van der Waals surface area contributed by atoms with Crippen molar-refractivity contribution in [1.29, 1.82) is 0 Å². The molecule has 1 aromatic heterocycles. The van der Waals surface area contributed by atoms with Gasteiger partial charge in [0.05, 0.1) is 0 Å². The molecule has 2 heterocycles. The van der Waals surface area contributed by atoms with Crippen LogP contribution in [0, 0.1) is 0 Å². The second kappa shape index (κ2) is 9.57. The third-order valence-corrected chi connectivity index (χ3v) is 5.64. The Hall–Kier alpha value is -3.14. The van der Waals surface area contributed by atoms with Gasteiger partial charge in [-0.1, -0.05) is 55.5 Å². The zero-order valence-electron chi connectivity index (χ0n) is 17.5. The molecule has 0 radical (unpaired) electrons. The van der Waals surface area contributed by atoms with Gasteiger partial charge in [-0.05, 0) is 29.3 Å². The van der Waals surface area contributed by atoms with E-state index in [0.29, 0.717) is 6.42 Å². The minimum Gasteiger partial charge on any atom is -0.490 e. The van der Waals surface area contributed by atoms with Crippen molar-refractivity contribution < 1.29 is 9.53 Å². The zero-order valence-corrected chi connectivity index (χ0v) is 17.5. The highest BCUT2D eigenvalue weighted by Crippen LogP contribution is 2.25. The second-order valence-corrected chi connectivity index (χ2v) is 7.78. The monoisotopic (exact) mass is 400 g/mol. The van der Waals surface area contributed by atoms with E-state index in [-0.39, 0.29) is 12.0 Å². The van der Waals surface area contributed by atoms with Crippen LogP contribution in [0.2, 0.25) is 0 Å². The lowest BCUT2D eigenvalue weighted by Crippen LogP contribution is -2.41. The van der Waals surface area contributed by atoms with Gasteiger partial charge in [-0.25, -0.2) is 0 Å². The van der Waals surface area contributed by atoms with Crippen LogP contribution in [0.15, 0.2) is 72.9 Å². The van der Waals surface area contributed by atoms with E-state index in [0.717, 1.165) is 54.9 Å². The molecule has 1 fully saturated rings. The largest absolute Gasteiger partial charge is 0.490 e. The number of benzene rings is 2. The fraction of sp³-hybridized carbons (Fsp3) is 0.308. The summed E-state index contributed by atoms with van der Waals surface area (Å²) in [5.74, 6) is 1.12. The lowest BCUT2D eigenvalue weighted by molar-refractivity contribution is -0.132.